The number of rotatable bonds is 3. The van der Waals surface area contributed by atoms with Gasteiger partial charge in [0.15, 0.2) is 5.96 Å². The second kappa shape index (κ2) is 6.05. The van der Waals surface area contributed by atoms with Crippen molar-refractivity contribution in [3.63, 3.8) is 0 Å². The number of aliphatic imine (C=N–C) groups is 1. The molecule has 0 amide bonds. The Balaban J connectivity index is 1.82. The molecule has 1 fully saturated rings. The number of nitrogens with two attached hydrogens (primary N) is 1. The lowest BCUT2D eigenvalue weighted by molar-refractivity contribution is 0.412. The predicted octanol–water partition coefficient (Wildman–Crippen LogP) is 2.79. The minimum atomic E-state index is 0.538. The molecule has 0 aromatic carbocycles. The molecular formula is C13H21N3S. The molecule has 1 aliphatic rings. The van der Waals surface area contributed by atoms with Gasteiger partial charge in [-0.25, -0.2) is 4.99 Å². The third kappa shape index (κ3) is 3.73. The van der Waals surface area contributed by atoms with Gasteiger partial charge in [-0.05, 0) is 41.7 Å². The van der Waals surface area contributed by atoms with Crippen LogP contribution in [0.2, 0.25) is 0 Å². The normalized spacial score (nSPS) is 18.3. The summed E-state index contributed by atoms with van der Waals surface area (Å²) in [5.41, 5.74) is 8.50. The van der Waals surface area contributed by atoms with E-state index in [2.05, 4.69) is 28.0 Å². The molecule has 0 atom stereocenters. The van der Waals surface area contributed by atoms with Gasteiger partial charge in [0.1, 0.15) is 0 Å². The zero-order valence-electron chi connectivity index (χ0n) is 10.4. The van der Waals surface area contributed by atoms with Crippen molar-refractivity contribution in [2.75, 3.05) is 0 Å². The molecule has 2 rings (SSSR count). The van der Waals surface area contributed by atoms with Crippen molar-refractivity contribution >= 4 is 17.3 Å². The van der Waals surface area contributed by atoms with E-state index >= 15 is 0 Å². The van der Waals surface area contributed by atoms with Crippen molar-refractivity contribution in [2.24, 2.45) is 10.7 Å². The molecule has 1 saturated carbocycles. The molecule has 1 heterocycles. The zero-order chi connectivity index (χ0) is 12.1. The Morgan fingerprint density at radius 1 is 1.41 bits per heavy atom. The average Bonchev–Trinajstić information content (AvgIpc) is 2.74. The van der Waals surface area contributed by atoms with E-state index in [1.165, 1.54) is 43.2 Å². The Morgan fingerprint density at radius 2 is 2.18 bits per heavy atom. The van der Waals surface area contributed by atoms with Gasteiger partial charge in [-0.2, -0.15) is 11.3 Å². The molecule has 3 nitrogen and oxygen atoms in total. The van der Waals surface area contributed by atoms with Crippen LogP contribution in [0.15, 0.2) is 15.8 Å². The molecule has 3 N–H and O–H groups in total. The van der Waals surface area contributed by atoms with Crippen LogP contribution in [0.5, 0.6) is 0 Å². The Bertz CT molecular complexity index is 378. The summed E-state index contributed by atoms with van der Waals surface area (Å²) < 4.78 is 0. The van der Waals surface area contributed by atoms with Crippen LogP contribution in [-0.4, -0.2) is 12.0 Å². The van der Waals surface area contributed by atoms with Gasteiger partial charge in [-0.3, -0.25) is 0 Å². The number of thiophene rings is 1. The van der Waals surface area contributed by atoms with E-state index < -0.39 is 0 Å². The van der Waals surface area contributed by atoms with E-state index in [1.54, 1.807) is 11.3 Å². The van der Waals surface area contributed by atoms with Gasteiger partial charge in [-0.15, -0.1) is 0 Å². The molecule has 1 aliphatic carbocycles. The molecule has 0 spiro atoms. The maximum atomic E-state index is 5.91. The molecule has 17 heavy (non-hydrogen) atoms. The van der Waals surface area contributed by atoms with Crippen molar-refractivity contribution in [2.45, 2.75) is 51.6 Å². The quantitative estimate of drug-likeness (QED) is 0.641. The van der Waals surface area contributed by atoms with E-state index in [4.69, 9.17) is 5.73 Å². The van der Waals surface area contributed by atoms with Crippen LogP contribution in [0.3, 0.4) is 0 Å². The van der Waals surface area contributed by atoms with Crippen molar-refractivity contribution < 1.29 is 0 Å². The average molecular weight is 251 g/mol. The maximum Gasteiger partial charge on any atom is 0.189 e. The number of nitrogens with one attached hydrogen (secondary N) is 1. The third-order valence-electron chi connectivity index (χ3n) is 3.34. The molecule has 0 radical (unpaired) electrons. The minimum Gasteiger partial charge on any atom is -0.370 e. The number of aryl methyl sites for hydroxylation is 1. The fourth-order valence-corrected chi connectivity index (χ4v) is 3.07. The summed E-state index contributed by atoms with van der Waals surface area (Å²) in [5, 5.41) is 7.63. The van der Waals surface area contributed by atoms with Gasteiger partial charge in [0.05, 0.1) is 6.54 Å². The Hall–Kier alpha value is -1.03. The third-order valence-corrected chi connectivity index (χ3v) is 4.25. The fourth-order valence-electron chi connectivity index (χ4n) is 2.22. The highest BCUT2D eigenvalue weighted by Gasteiger charge is 2.13. The first-order valence-electron chi connectivity index (χ1n) is 6.34. The van der Waals surface area contributed by atoms with Gasteiger partial charge in [0.25, 0.3) is 0 Å². The van der Waals surface area contributed by atoms with Crippen LogP contribution in [0.25, 0.3) is 0 Å². The van der Waals surface area contributed by atoms with E-state index in [9.17, 15) is 0 Å². The monoisotopic (exact) mass is 251 g/mol. The number of nitrogens with zero attached hydrogens (tertiary/aromatic N) is 1. The molecule has 1 aromatic rings. The fraction of sp³-hybridized carbons (Fsp3) is 0.615. The lowest BCUT2D eigenvalue weighted by Gasteiger charge is -2.23. The number of guanidine groups is 1. The molecular weight excluding hydrogens is 230 g/mol. The second-order valence-corrected chi connectivity index (χ2v) is 5.50. The van der Waals surface area contributed by atoms with Crippen LogP contribution >= 0.6 is 11.3 Å². The van der Waals surface area contributed by atoms with Crippen LogP contribution in [0, 0.1) is 6.92 Å². The topological polar surface area (TPSA) is 50.4 Å². The summed E-state index contributed by atoms with van der Waals surface area (Å²) >= 11 is 1.72. The highest BCUT2D eigenvalue weighted by Crippen LogP contribution is 2.17. The van der Waals surface area contributed by atoms with Gasteiger partial charge in [0, 0.05) is 6.04 Å². The summed E-state index contributed by atoms with van der Waals surface area (Å²) in [5.74, 6) is 0.600. The highest BCUT2D eigenvalue weighted by molar-refractivity contribution is 7.08. The Kier molecular flexibility index (Phi) is 4.42. The number of hydrogen-bond acceptors (Lipinski definition) is 2. The SMILES string of the molecule is Cc1cscc1CN=C(N)NC1CCCCC1. The van der Waals surface area contributed by atoms with Gasteiger partial charge in [0.2, 0.25) is 0 Å². The van der Waals surface area contributed by atoms with Crippen LogP contribution in [-0.2, 0) is 6.54 Å². The molecule has 4 heteroatoms. The van der Waals surface area contributed by atoms with Crippen LogP contribution < -0.4 is 11.1 Å². The van der Waals surface area contributed by atoms with Crippen molar-refractivity contribution in [1.82, 2.24) is 5.32 Å². The lowest BCUT2D eigenvalue weighted by atomic mass is 9.96. The summed E-state index contributed by atoms with van der Waals surface area (Å²) in [4.78, 5) is 4.41. The predicted molar refractivity (Wildman–Crippen MR) is 74.4 cm³/mol. The smallest absolute Gasteiger partial charge is 0.189 e. The minimum absolute atomic E-state index is 0.538. The first-order valence-corrected chi connectivity index (χ1v) is 7.28. The molecule has 0 saturated heterocycles. The van der Waals surface area contributed by atoms with E-state index in [-0.39, 0.29) is 0 Å². The molecule has 94 valence electrons. The molecule has 1 aromatic heterocycles. The van der Waals surface area contributed by atoms with E-state index in [1.807, 2.05) is 0 Å². The zero-order valence-corrected chi connectivity index (χ0v) is 11.2. The van der Waals surface area contributed by atoms with Crippen molar-refractivity contribution in [1.29, 1.82) is 0 Å². The Morgan fingerprint density at radius 3 is 2.82 bits per heavy atom. The molecule has 0 bridgehead atoms. The first-order chi connectivity index (χ1) is 8.25. The summed E-state index contributed by atoms with van der Waals surface area (Å²) in [7, 11) is 0. The summed E-state index contributed by atoms with van der Waals surface area (Å²) in [6.07, 6.45) is 6.45. The maximum absolute atomic E-state index is 5.91. The van der Waals surface area contributed by atoms with Gasteiger partial charge >= 0.3 is 0 Å². The van der Waals surface area contributed by atoms with Gasteiger partial charge in [-0.1, -0.05) is 19.3 Å². The van der Waals surface area contributed by atoms with E-state index in [0.29, 0.717) is 18.5 Å². The highest BCUT2D eigenvalue weighted by atomic mass is 32.1. The standard InChI is InChI=1S/C13H21N3S/c1-10-8-17-9-11(10)7-15-13(14)16-12-5-3-2-4-6-12/h8-9,12H,2-7H2,1H3,(H3,14,15,16). The summed E-state index contributed by atoms with van der Waals surface area (Å²) in [6, 6.07) is 0.538. The first kappa shape index (κ1) is 12.4. The number of hydrogen-bond donors (Lipinski definition) is 2. The van der Waals surface area contributed by atoms with Crippen molar-refractivity contribution in [3.05, 3.63) is 21.9 Å². The Labute approximate surface area is 107 Å². The lowest BCUT2D eigenvalue weighted by Crippen LogP contribution is -2.41. The molecule has 0 aliphatic heterocycles. The van der Waals surface area contributed by atoms with Crippen molar-refractivity contribution in [3.8, 4) is 0 Å². The van der Waals surface area contributed by atoms with Crippen LogP contribution in [0.4, 0.5) is 0 Å². The molecule has 0 unspecified atom stereocenters. The second-order valence-electron chi connectivity index (χ2n) is 4.76. The largest absolute Gasteiger partial charge is 0.370 e. The summed E-state index contributed by atoms with van der Waals surface area (Å²) in [6.45, 7) is 2.81. The van der Waals surface area contributed by atoms with Gasteiger partial charge < -0.3 is 11.1 Å². The van der Waals surface area contributed by atoms with E-state index in [0.717, 1.165) is 0 Å². The van der Waals surface area contributed by atoms with Crippen LogP contribution in [0.1, 0.15) is 43.2 Å².